The van der Waals surface area contributed by atoms with Crippen LogP contribution in [0, 0.1) is 11.3 Å². The quantitative estimate of drug-likeness (QED) is 0.397. The highest BCUT2D eigenvalue weighted by Crippen LogP contribution is 2.26. The predicted molar refractivity (Wildman–Crippen MR) is 155 cm³/mol. The number of likely N-dealkylation sites (tertiary alicyclic amines) is 1. The number of aliphatic hydroxyl groups is 1. The molecule has 2 amide bonds. The third-order valence-corrected chi connectivity index (χ3v) is 5.88. The van der Waals surface area contributed by atoms with Gasteiger partial charge in [-0.2, -0.15) is 5.26 Å². The van der Waals surface area contributed by atoms with Crippen LogP contribution in [0.1, 0.15) is 79.7 Å². The molecule has 9 nitrogen and oxygen atoms in total. The van der Waals surface area contributed by atoms with Crippen molar-refractivity contribution in [2.75, 3.05) is 25.5 Å². The van der Waals surface area contributed by atoms with Crippen LogP contribution in [0.5, 0.6) is 0 Å². The number of nitriles is 1. The molecule has 2 aromatic heterocycles. The minimum Gasteiger partial charge on any atom is -0.400 e. The van der Waals surface area contributed by atoms with E-state index in [-0.39, 0.29) is 11.8 Å². The Kier molecular flexibility index (Phi) is 12.6. The predicted octanol–water partition coefficient (Wildman–Crippen LogP) is 5.64. The summed E-state index contributed by atoms with van der Waals surface area (Å²) in [5.74, 6) is -0.148. The fourth-order valence-corrected chi connectivity index (χ4v) is 4.21. The van der Waals surface area contributed by atoms with Gasteiger partial charge in [-0.25, -0.2) is 9.97 Å². The largest absolute Gasteiger partial charge is 0.400 e. The zero-order valence-corrected chi connectivity index (χ0v) is 23.4. The third-order valence-electron chi connectivity index (χ3n) is 5.88. The Labute approximate surface area is 230 Å². The molecule has 0 unspecified atom stereocenters. The molecular formula is C30H38N6O3. The van der Waals surface area contributed by atoms with Crippen molar-refractivity contribution < 1.29 is 14.7 Å². The molecule has 1 fully saturated rings. The lowest BCUT2D eigenvalue weighted by Gasteiger charge is -2.26. The Balaban J connectivity index is 0.00000127. The van der Waals surface area contributed by atoms with Crippen LogP contribution in [0.4, 0.5) is 5.95 Å². The van der Waals surface area contributed by atoms with E-state index < -0.39 is 0 Å². The maximum atomic E-state index is 13.0. The molecule has 4 rings (SSSR count). The lowest BCUT2D eigenvalue weighted by atomic mass is 10.1. The number of carbonyl (C=O) groups is 2. The fraction of sp³-hybridized carbons (Fsp3) is 0.367. The molecule has 0 radical (unpaired) electrons. The Bertz CT molecular complexity index is 1360. The first kappa shape index (κ1) is 30.9. The number of hydrogen-bond donors (Lipinski definition) is 2. The highest BCUT2D eigenvalue weighted by Gasteiger charge is 2.22. The lowest BCUT2D eigenvalue weighted by Crippen LogP contribution is -2.35. The number of aromatic nitrogens is 3. The monoisotopic (exact) mass is 530 g/mol. The van der Waals surface area contributed by atoms with E-state index in [2.05, 4.69) is 15.3 Å². The Morgan fingerprint density at radius 2 is 1.85 bits per heavy atom. The van der Waals surface area contributed by atoms with Crippen molar-refractivity contribution in [2.24, 2.45) is 0 Å². The molecule has 1 aliphatic rings. The van der Waals surface area contributed by atoms with Crippen LogP contribution in [-0.2, 0) is 0 Å². The number of pyridine rings is 1. The average molecular weight is 531 g/mol. The summed E-state index contributed by atoms with van der Waals surface area (Å²) < 4.78 is 1.78. The second-order valence-electron chi connectivity index (χ2n) is 8.37. The number of rotatable bonds is 6. The second kappa shape index (κ2) is 15.8. The van der Waals surface area contributed by atoms with Crippen LogP contribution in [-0.4, -0.2) is 56.6 Å². The summed E-state index contributed by atoms with van der Waals surface area (Å²) in [6.45, 7) is 9.44. The number of fused-ring (bicyclic) bond motifs is 1. The number of aliphatic hydroxyl groups excluding tert-OH is 1. The van der Waals surface area contributed by atoms with Gasteiger partial charge in [0.05, 0.1) is 17.2 Å². The molecule has 2 N–H and O–H groups in total. The number of piperidine rings is 1. The number of hydrogen-bond acceptors (Lipinski definition) is 6. The van der Waals surface area contributed by atoms with Crippen molar-refractivity contribution in [3.05, 3.63) is 71.4 Å². The average Bonchev–Trinajstić information content (AvgIpc) is 3.36. The standard InChI is InChI=1S/C27H28N6O2.C2H6.CH4O/c1-3-9-22(10-4-2)33-24-23(16-21(18-29-24)26(35)32-13-6-5-7-14-32)30-27(33)31-25(34)20-12-8-11-19(15-20)17-28;2*1-2/h3,8-12,15-16,18H,4-7,13-14H2,1-2H3,(H,30,31,34);1-2H3;2H,1H3/b9-3-,22-10+;;. The topological polar surface area (TPSA) is 124 Å². The number of nitrogens with one attached hydrogen (secondary N) is 1. The smallest absolute Gasteiger partial charge is 0.258 e. The molecular weight excluding hydrogens is 492 g/mol. The minimum atomic E-state index is -0.389. The van der Waals surface area contributed by atoms with Crippen molar-refractivity contribution in [1.29, 1.82) is 5.26 Å². The highest BCUT2D eigenvalue weighted by atomic mass is 16.2. The molecule has 0 aliphatic carbocycles. The maximum Gasteiger partial charge on any atom is 0.258 e. The SMILES string of the molecule is C/C=C\C(=C/CC)n1c(NC(=O)c2cccc(C#N)c2)nc2cc(C(=O)N3CCCCC3)cnc21.CC.CO. The first-order chi connectivity index (χ1) is 19.0. The molecule has 0 bridgehead atoms. The molecule has 9 heteroatoms. The van der Waals surface area contributed by atoms with E-state index in [0.717, 1.165) is 51.6 Å². The van der Waals surface area contributed by atoms with Gasteiger partial charge in [-0.05, 0) is 62.9 Å². The van der Waals surface area contributed by atoms with Crippen LogP contribution in [0.3, 0.4) is 0 Å². The van der Waals surface area contributed by atoms with Gasteiger partial charge < -0.3 is 10.0 Å². The van der Waals surface area contributed by atoms with Gasteiger partial charge >= 0.3 is 0 Å². The molecule has 1 saturated heterocycles. The summed E-state index contributed by atoms with van der Waals surface area (Å²) in [6.07, 6.45) is 11.3. The number of allylic oxidation sites excluding steroid dienone is 4. The molecule has 0 saturated carbocycles. The van der Waals surface area contributed by atoms with Crippen molar-refractivity contribution in [1.82, 2.24) is 19.4 Å². The van der Waals surface area contributed by atoms with Crippen molar-refractivity contribution in [3.8, 4) is 6.07 Å². The number of carbonyl (C=O) groups excluding carboxylic acids is 2. The maximum absolute atomic E-state index is 13.0. The van der Waals surface area contributed by atoms with Gasteiger partial charge in [-0.1, -0.05) is 39.0 Å². The molecule has 0 spiro atoms. The second-order valence-corrected chi connectivity index (χ2v) is 8.37. The normalized spacial score (nSPS) is 13.2. The first-order valence-electron chi connectivity index (χ1n) is 13.3. The number of amides is 2. The molecule has 0 atom stereocenters. The van der Waals surface area contributed by atoms with Gasteiger partial charge in [0, 0.05) is 37.7 Å². The third kappa shape index (κ3) is 7.62. The van der Waals surface area contributed by atoms with Crippen molar-refractivity contribution >= 4 is 34.6 Å². The van der Waals surface area contributed by atoms with Gasteiger partial charge in [-0.3, -0.25) is 19.5 Å². The summed E-state index contributed by atoms with van der Waals surface area (Å²) in [6, 6.07) is 10.3. The van der Waals surface area contributed by atoms with E-state index in [4.69, 9.17) is 5.11 Å². The van der Waals surface area contributed by atoms with Gasteiger partial charge in [0.2, 0.25) is 5.95 Å². The molecule has 1 aliphatic heterocycles. The summed E-state index contributed by atoms with van der Waals surface area (Å²) in [4.78, 5) is 37.2. The number of nitrogens with zero attached hydrogens (tertiary/aromatic N) is 5. The Morgan fingerprint density at radius 1 is 1.13 bits per heavy atom. The first-order valence-corrected chi connectivity index (χ1v) is 13.3. The van der Waals surface area contributed by atoms with Crippen LogP contribution in [0.2, 0.25) is 0 Å². The zero-order chi connectivity index (χ0) is 28.8. The Hall–Kier alpha value is -4.29. The van der Waals surface area contributed by atoms with Crippen molar-refractivity contribution in [3.63, 3.8) is 0 Å². The molecule has 3 heterocycles. The molecule has 1 aromatic carbocycles. The van der Waals surface area contributed by atoms with E-state index in [0.29, 0.717) is 33.8 Å². The molecule has 39 heavy (non-hydrogen) atoms. The Morgan fingerprint density at radius 3 is 2.49 bits per heavy atom. The van der Waals surface area contributed by atoms with E-state index in [9.17, 15) is 14.9 Å². The molecule has 3 aromatic rings. The van der Waals surface area contributed by atoms with Gasteiger partial charge in [0.1, 0.15) is 5.52 Å². The van der Waals surface area contributed by atoms with E-state index in [1.165, 1.54) is 6.07 Å². The van der Waals surface area contributed by atoms with Crippen LogP contribution < -0.4 is 5.32 Å². The summed E-state index contributed by atoms with van der Waals surface area (Å²) in [7, 11) is 1.00. The summed E-state index contributed by atoms with van der Waals surface area (Å²) in [5.41, 5.74) is 3.09. The number of anilines is 1. The summed E-state index contributed by atoms with van der Waals surface area (Å²) >= 11 is 0. The van der Waals surface area contributed by atoms with E-state index in [1.807, 2.05) is 56.9 Å². The molecule has 206 valence electrons. The lowest BCUT2D eigenvalue weighted by molar-refractivity contribution is 0.0724. The highest BCUT2D eigenvalue weighted by molar-refractivity contribution is 6.05. The summed E-state index contributed by atoms with van der Waals surface area (Å²) in [5, 5.41) is 19.0. The van der Waals surface area contributed by atoms with Gasteiger partial charge in [0.15, 0.2) is 5.65 Å². The van der Waals surface area contributed by atoms with Crippen LogP contribution >= 0.6 is 0 Å². The fourth-order valence-electron chi connectivity index (χ4n) is 4.21. The van der Waals surface area contributed by atoms with E-state index >= 15 is 0 Å². The number of benzene rings is 1. The van der Waals surface area contributed by atoms with Crippen LogP contribution in [0.15, 0.2) is 54.8 Å². The van der Waals surface area contributed by atoms with E-state index in [1.54, 1.807) is 35.0 Å². The zero-order valence-electron chi connectivity index (χ0n) is 23.4. The minimum absolute atomic E-state index is 0.0506. The van der Waals surface area contributed by atoms with Gasteiger partial charge in [-0.15, -0.1) is 0 Å². The van der Waals surface area contributed by atoms with Crippen LogP contribution in [0.25, 0.3) is 16.9 Å². The number of imidazole rings is 1. The van der Waals surface area contributed by atoms with Gasteiger partial charge in [0.25, 0.3) is 11.8 Å². The van der Waals surface area contributed by atoms with Crippen molar-refractivity contribution in [2.45, 2.75) is 53.4 Å².